The van der Waals surface area contributed by atoms with Crippen LogP contribution in [-0.4, -0.2) is 21.7 Å². The minimum absolute atomic E-state index is 0.251. The van der Waals surface area contributed by atoms with Crippen LogP contribution in [0.4, 0.5) is 0 Å². The highest BCUT2D eigenvalue weighted by molar-refractivity contribution is 8.14. The Labute approximate surface area is 85.5 Å². The van der Waals surface area contributed by atoms with Crippen molar-refractivity contribution >= 4 is 22.6 Å². The SMILES string of the molecule is NC1=NN=C(c2ccc(O)cc2)CS1. The zero-order valence-electron chi connectivity index (χ0n) is 7.34. The molecule has 0 aliphatic carbocycles. The van der Waals surface area contributed by atoms with Gasteiger partial charge in [0.05, 0.1) is 5.71 Å². The molecule has 5 heteroatoms. The maximum Gasteiger partial charge on any atom is 0.180 e. The van der Waals surface area contributed by atoms with E-state index in [-0.39, 0.29) is 5.75 Å². The molecule has 1 heterocycles. The Bertz CT molecular complexity index is 397. The van der Waals surface area contributed by atoms with Crippen molar-refractivity contribution in [1.82, 2.24) is 0 Å². The molecule has 1 aliphatic heterocycles. The first kappa shape index (κ1) is 9.08. The Morgan fingerprint density at radius 3 is 2.50 bits per heavy atom. The number of phenolic OH excluding ortho intramolecular Hbond substituents is 1. The fourth-order valence-electron chi connectivity index (χ4n) is 1.10. The maximum absolute atomic E-state index is 9.10. The average molecular weight is 207 g/mol. The molecule has 14 heavy (non-hydrogen) atoms. The molecule has 0 saturated carbocycles. The molecule has 1 aliphatic rings. The summed E-state index contributed by atoms with van der Waals surface area (Å²) in [7, 11) is 0. The highest BCUT2D eigenvalue weighted by Gasteiger charge is 2.09. The molecule has 3 N–H and O–H groups in total. The lowest BCUT2D eigenvalue weighted by Gasteiger charge is -2.08. The van der Waals surface area contributed by atoms with Gasteiger partial charge in [-0.1, -0.05) is 11.8 Å². The second kappa shape index (κ2) is 3.71. The van der Waals surface area contributed by atoms with Gasteiger partial charge in [0.2, 0.25) is 0 Å². The molecule has 72 valence electrons. The minimum atomic E-state index is 0.251. The van der Waals surface area contributed by atoms with Crippen molar-refractivity contribution in [3.8, 4) is 5.75 Å². The summed E-state index contributed by atoms with van der Waals surface area (Å²) in [4.78, 5) is 0. The molecule has 4 nitrogen and oxygen atoms in total. The van der Waals surface area contributed by atoms with Gasteiger partial charge in [0.25, 0.3) is 0 Å². The fraction of sp³-hybridized carbons (Fsp3) is 0.111. The third-order valence-electron chi connectivity index (χ3n) is 1.83. The number of nitrogens with zero attached hydrogens (tertiary/aromatic N) is 2. The molecule has 0 atom stereocenters. The molecular weight excluding hydrogens is 198 g/mol. The van der Waals surface area contributed by atoms with Crippen LogP contribution in [0.3, 0.4) is 0 Å². The van der Waals surface area contributed by atoms with Crippen molar-refractivity contribution in [2.45, 2.75) is 0 Å². The number of nitrogens with two attached hydrogens (primary N) is 1. The van der Waals surface area contributed by atoms with Gasteiger partial charge in [-0.05, 0) is 29.8 Å². The van der Waals surface area contributed by atoms with Crippen molar-refractivity contribution in [1.29, 1.82) is 0 Å². The molecule has 0 spiro atoms. The molecule has 0 unspecified atom stereocenters. The largest absolute Gasteiger partial charge is 0.508 e. The van der Waals surface area contributed by atoms with Crippen LogP contribution >= 0.6 is 11.8 Å². The lowest BCUT2D eigenvalue weighted by atomic mass is 10.1. The van der Waals surface area contributed by atoms with E-state index in [9.17, 15) is 0 Å². The summed E-state index contributed by atoms with van der Waals surface area (Å²) in [6.07, 6.45) is 0. The van der Waals surface area contributed by atoms with Crippen molar-refractivity contribution < 1.29 is 5.11 Å². The van der Waals surface area contributed by atoms with Crippen LogP contribution in [0.25, 0.3) is 0 Å². The van der Waals surface area contributed by atoms with Crippen molar-refractivity contribution in [2.75, 3.05) is 5.75 Å². The minimum Gasteiger partial charge on any atom is -0.508 e. The summed E-state index contributed by atoms with van der Waals surface area (Å²) >= 11 is 1.46. The first-order chi connectivity index (χ1) is 6.75. The molecule has 0 aromatic heterocycles. The highest BCUT2D eigenvalue weighted by atomic mass is 32.2. The predicted molar refractivity (Wildman–Crippen MR) is 58.7 cm³/mol. The molecule has 0 amide bonds. The number of phenols is 1. The predicted octanol–water partition coefficient (Wildman–Crippen LogP) is 1.16. The van der Waals surface area contributed by atoms with Crippen LogP contribution in [0.5, 0.6) is 5.75 Å². The van der Waals surface area contributed by atoms with Gasteiger partial charge < -0.3 is 10.8 Å². The van der Waals surface area contributed by atoms with E-state index in [1.807, 2.05) is 12.1 Å². The quantitative estimate of drug-likeness (QED) is 0.725. The standard InChI is InChI=1S/C9H9N3OS/c10-9-12-11-8(5-14-9)6-1-3-7(13)4-2-6/h1-4,13H,5H2,(H2,10,12). The van der Waals surface area contributed by atoms with Crippen LogP contribution in [-0.2, 0) is 0 Å². The third kappa shape index (κ3) is 1.88. The number of amidine groups is 1. The van der Waals surface area contributed by atoms with Gasteiger partial charge in [-0.2, -0.15) is 5.10 Å². The zero-order chi connectivity index (χ0) is 9.97. The number of aromatic hydroxyl groups is 1. The smallest absolute Gasteiger partial charge is 0.180 e. The van der Waals surface area contributed by atoms with Crippen LogP contribution in [0.15, 0.2) is 34.5 Å². The summed E-state index contributed by atoms with van der Waals surface area (Å²) in [6, 6.07) is 6.88. The summed E-state index contributed by atoms with van der Waals surface area (Å²) in [5.74, 6) is 0.973. The van der Waals surface area contributed by atoms with Gasteiger partial charge in [-0.3, -0.25) is 0 Å². The number of hydrogen-bond donors (Lipinski definition) is 2. The van der Waals surface area contributed by atoms with Gasteiger partial charge >= 0.3 is 0 Å². The summed E-state index contributed by atoms with van der Waals surface area (Å²) in [5.41, 5.74) is 7.31. The van der Waals surface area contributed by atoms with E-state index in [0.717, 1.165) is 17.0 Å². The van der Waals surface area contributed by atoms with E-state index in [0.29, 0.717) is 5.17 Å². The van der Waals surface area contributed by atoms with E-state index >= 15 is 0 Å². The van der Waals surface area contributed by atoms with Gasteiger partial charge in [0.15, 0.2) is 5.17 Å². The van der Waals surface area contributed by atoms with Crippen molar-refractivity contribution in [2.24, 2.45) is 15.9 Å². The van der Waals surface area contributed by atoms with Crippen molar-refractivity contribution in [3.05, 3.63) is 29.8 Å². The molecule has 0 saturated heterocycles. The fourth-order valence-corrected chi connectivity index (χ4v) is 1.71. The van der Waals surface area contributed by atoms with Crippen LogP contribution in [0, 0.1) is 0 Å². The Balaban J connectivity index is 2.28. The number of thioether (sulfide) groups is 1. The average Bonchev–Trinajstić information content (AvgIpc) is 2.21. The Kier molecular flexibility index (Phi) is 2.41. The van der Waals surface area contributed by atoms with E-state index < -0.39 is 0 Å². The van der Waals surface area contributed by atoms with Gasteiger partial charge in [0.1, 0.15) is 5.75 Å². The van der Waals surface area contributed by atoms with E-state index in [4.69, 9.17) is 10.8 Å². The molecule has 1 aromatic rings. The number of benzene rings is 1. The van der Waals surface area contributed by atoms with E-state index in [2.05, 4.69) is 10.2 Å². The normalized spacial score (nSPS) is 16.0. The Hall–Kier alpha value is -1.49. The lowest BCUT2D eigenvalue weighted by Crippen LogP contribution is -2.16. The van der Waals surface area contributed by atoms with Crippen LogP contribution in [0.2, 0.25) is 0 Å². The summed E-state index contributed by atoms with van der Waals surface area (Å²) in [5, 5.41) is 17.4. The first-order valence-corrected chi connectivity index (χ1v) is 5.06. The second-order valence-electron chi connectivity index (χ2n) is 2.82. The van der Waals surface area contributed by atoms with Gasteiger partial charge in [0, 0.05) is 5.75 Å². The molecule has 0 fully saturated rings. The molecule has 0 radical (unpaired) electrons. The van der Waals surface area contributed by atoms with Gasteiger partial charge in [-0.15, -0.1) is 5.10 Å². The Morgan fingerprint density at radius 2 is 1.93 bits per heavy atom. The lowest BCUT2D eigenvalue weighted by molar-refractivity contribution is 0.475. The molecule has 2 rings (SSSR count). The first-order valence-electron chi connectivity index (χ1n) is 4.08. The number of hydrogen-bond acceptors (Lipinski definition) is 5. The van der Waals surface area contributed by atoms with E-state index in [1.54, 1.807) is 12.1 Å². The van der Waals surface area contributed by atoms with Gasteiger partial charge in [-0.25, -0.2) is 0 Å². The van der Waals surface area contributed by atoms with Crippen LogP contribution in [0.1, 0.15) is 5.56 Å². The molecule has 1 aromatic carbocycles. The second-order valence-corrected chi connectivity index (χ2v) is 3.82. The maximum atomic E-state index is 9.10. The topological polar surface area (TPSA) is 71.0 Å². The number of rotatable bonds is 1. The van der Waals surface area contributed by atoms with E-state index in [1.165, 1.54) is 11.8 Å². The molecular formula is C9H9N3OS. The van der Waals surface area contributed by atoms with Crippen molar-refractivity contribution in [3.63, 3.8) is 0 Å². The summed E-state index contributed by atoms with van der Waals surface area (Å²) in [6.45, 7) is 0. The highest BCUT2D eigenvalue weighted by Crippen LogP contribution is 2.16. The molecule has 0 bridgehead atoms. The third-order valence-corrected chi connectivity index (χ3v) is 2.62. The van der Waals surface area contributed by atoms with Crippen LogP contribution < -0.4 is 5.73 Å². The zero-order valence-corrected chi connectivity index (χ0v) is 8.16. The monoisotopic (exact) mass is 207 g/mol. The summed E-state index contributed by atoms with van der Waals surface area (Å²) < 4.78 is 0. The Morgan fingerprint density at radius 1 is 1.21 bits per heavy atom.